The van der Waals surface area contributed by atoms with Crippen molar-refractivity contribution in [2.75, 3.05) is 0 Å². The maximum Gasteiger partial charge on any atom is 0.0673 e. The van der Waals surface area contributed by atoms with Crippen LogP contribution in [0.1, 0.15) is 51.2 Å². The highest BCUT2D eigenvalue weighted by atomic mass is 16.3. The van der Waals surface area contributed by atoms with Crippen LogP contribution >= 0.6 is 0 Å². The Bertz CT molecular complexity index is 401. The fourth-order valence-corrected chi connectivity index (χ4v) is 3.29. The summed E-state index contributed by atoms with van der Waals surface area (Å²) in [5, 5.41) is 10.4. The smallest absolute Gasteiger partial charge is 0.0673 e. The lowest BCUT2D eigenvalue weighted by Crippen LogP contribution is -2.36. The van der Waals surface area contributed by atoms with E-state index in [1.54, 1.807) is 0 Å². The number of hydrogen-bond donors (Lipinski definition) is 1. The van der Waals surface area contributed by atoms with Crippen LogP contribution in [-0.4, -0.2) is 10.7 Å². The zero-order valence-corrected chi connectivity index (χ0v) is 12.2. The summed E-state index contributed by atoms with van der Waals surface area (Å²) in [5.74, 6) is 0.663. The molecule has 1 aromatic rings. The molecule has 1 nitrogen and oxygen atoms in total. The van der Waals surface area contributed by atoms with E-state index in [-0.39, 0.29) is 5.41 Å². The summed E-state index contributed by atoms with van der Waals surface area (Å²) in [6.45, 7) is 8.53. The molecule has 0 heterocycles. The molecule has 0 radical (unpaired) electrons. The molecule has 18 heavy (non-hydrogen) atoms. The molecule has 0 bridgehead atoms. The van der Waals surface area contributed by atoms with Gasteiger partial charge in [0.25, 0.3) is 0 Å². The lowest BCUT2D eigenvalue weighted by Gasteiger charge is -2.32. The van der Waals surface area contributed by atoms with Crippen molar-refractivity contribution in [2.45, 2.75) is 59.0 Å². The summed E-state index contributed by atoms with van der Waals surface area (Å²) in [7, 11) is 0. The second-order valence-electron chi connectivity index (χ2n) is 6.96. The maximum absolute atomic E-state index is 10.4. The van der Waals surface area contributed by atoms with Crippen LogP contribution in [-0.2, 0) is 6.42 Å². The van der Waals surface area contributed by atoms with Gasteiger partial charge in [0.2, 0.25) is 0 Å². The van der Waals surface area contributed by atoms with Crippen LogP contribution in [0.4, 0.5) is 0 Å². The lowest BCUT2D eigenvalue weighted by atomic mass is 9.79. The van der Waals surface area contributed by atoms with Crippen molar-refractivity contribution < 1.29 is 5.11 Å². The summed E-state index contributed by atoms with van der Waals surface area (Å²) >= 11 is 0. The SMILES string of the molecule is Cc1cccc(CC[C@H]2CC(C)(C)[C@](C)(O)C2)c1. The number of rotatable bonds is 3. The minimum Gasteiger partial charge on any atom is -0.390 e. The molecule has 1 aliphatic rings. The molecular formula is C17H26O. The first-order valence-corrected chi connectivity index (χ1v) is 7.08. The third-order valence-corrected chi connectivity index (χ3v) is 4.87. The van der Waals surface area contributed by atoms with Gasteiger partial charge in [0.05, 0.1) is 5.60 Å². The topological polar surface area (TPSA) is 20.2 Å². The average Bonchev–Trinajstić information content (AvgIpc) is 2.45. The van der Waals surface area contributed by atoms with Crippen molar-refractivity contribution in [3.8, 4) is 0 Å². The van der Waals surface area contributed by atoms with E-state index in [2.05, 4.69) is 45.0 Å². The van der Waals surface area contributed by atoms with E-state index >= 15 is 0 Å². The second-order valence-corrected chi connectivity index (χ2v) is 6.96. The minimum atomic E-state index is -0.496. The maximum atomic E-state index is 10.4. The molecule has 1 aliphatic carbocycles. The summed E-state index contributed by atoms with van der Waals surface area (Å²) in [6.07, 6.45) is 4.43. The van der Waals surface area contributed by atoms with Crippen LogP contribution in [0.5, 0.6) is 0 Å². The molecule has 0 spiro atoms. The summed E-state index contributed by atoms with van der Waals surface area (Å²) in [5.41, 5.74) is 2.33. The zero-order valence-electron chi connectivity index (χ0n) is 12.2. The van der Waals surface area contributed by atoms with Crippen LogP contribution in [0, 0.1) is 18.3 Å². The van der Waals surface area contributed by atoms with Crippen molar-refractivity contribution >= 4 is 0 Å². The molecule has 1 saturated carbocycles. The fourth-order valence-electron chi connectivity index (χ4n) is 3.29. The van der Waals surface area contributed by atoms with Crippen LogP contribution in [0.25, 0.3) is 0 Å². The largest absolute Gasteiger partial charge is 0.390 e. The summed E-state index contributed by atoms with van der Waals surface area (Å²) in [4.78, 5) is 0. The van der Waals surface area contributed by atoms with E-state index in [0.717, 1.165) is 19.3 Å². The molecule has 0 amide bonds. The summed E-state index contributed by atoms with van der Waals surface area (Å²) in [6, 6.07) is 8.77. The van der Waals surface area contributed by atoms with E-state index in [4.69, 9.17) is 0 Å². The first kappa shape index (κ1) is 13.6. The molecule has 1 aromatic carbocycles. The van der Waals surface area contributed by atoms with Crippen LogP contribution in [0.2, 0.25) is 0 Å². The highest BCUT2D eigenvalue weighted by molar-refractivity contribution is 5.22. The van der Waals surface area contributed by atoms with Crippen molar-refractivity contribution in [2.24, 2.45) is 11.3 Å². The Labute approximate surface area is 111 Å². The molecule has 0 aliphatic heterocycles. The van der Waals surface area contributed by atoms with E-state index in [1.165, 1.54) is 17.5 Å². The van der Waals surface area contributed by atoms with Gasteiger partial charge in [-0.05, 0) is 56.4 Å². The van der Waals surface area contributed by atoms with Crippen LogP contribution in [0.3, 0.4) is 0 Å². The third kappa shape index (κ3) is 2.77. The standard InChI is InChI=1S/C17H26O/c1-13-6-5-7-14(10-13)8-9-15-11-16(2,3)17(4,18)12-15/h5-7,10,15,18H,8-9,11-12H2,1-4H3/t15-,17+/m0/s1. The van der Waals surface area contributed by atoms with E-state index in [9.17, 15) is 5.11 Å². The van der Waals surface area contributed by atoms with Gasteiger partial charge in [0, 0.05) is 0 Å². The number of aryl methyl sites for hydroxylation is 2. The molecule has 1 heteroatoms. The number of benzene rings is 1. The van der Waals surface area contributed by atoms with Gasteiger partial charge in [0.1, 0.15) is 0 Å². The molecule has 100 valence electrons. The average molecular weight is 246 g/mol. The zero-order chi connectivity index (χ0) is 13.4. The number of hydrogen-bond acceptors (Lipinski definition) is 1. The van der Waals surface area contributed by atoms with Gasteiger partial charge >= 0.3 is 0 Å². The Morgan fingerprint density at radius 1 is 1.22 bits per heavy atom. The van der Waals surface area contributed by atoms with Gasteiger partial charge in [-0.3, -0.25) is 0 Å². The molecule has 1 fully saturated rings. The Morgan fingerprint density at radius 3 is 2.50 bits per heavy atom. The predicted octanol–water partition coefficient (Wildman–Crippen LogP) is 4.11. The monoisotopic (exact) mass is 246 g/mol. The molecule has 0 unspecified atom stereocenters. The normalized spacial score (nSPS) is 30.6. The van der Waals surface area contributed by atoms with Crippen molar-refractivity contribution in [3.05, 3.63) is 35.4 Å². The quantitative estimate of drug-likeness (QED) is 0.850. The third-order valence-electron chi connectivity index (χ3n) is 4.87. The van der Waals surface area contributed by atoms with Gasteiger partial charge < -0.3 is 5.11 Å². The Hall–Kier alpha value is -0.820. The molecule has 2 rings (SSSR count). The lowest BCUT2D eigenvalue weighted by molar-refractivity contribution is -0.0257. The number of aliphatic hydroxyl groups is 1. The van der Waals surface area contributed by atoms with E-state index in [0.29, 0.717) is 5.92 Å². The van der Waals surface area contributed by atoms with E-state index in [1.807, 2.05) is 6.92 Å². The Kier molecular flexibility index (Phi) is 3.55. The predicted molar refractivity (Wildman–Crippen MR) is 76.6 cm³/mol. The van der Waals surface area contributed by atoms with Crippen molar-refractivity contribution in [3.63, 3.8) is 0 Å². The summed E-state index contributed by atoms with van der Waals surface area (Å²) < 4.78 is 0. The Morgan fingerprint density at radius 2 is 1.94 bits per heavy atom. The van der Waals surface area contributed by atoms with Crippen molar-refractivity contribution in [1.82, 2.24) is 0 Å². The van der Waals surface area contributed by atoms with Gasteiger partial charge in [-0.1, -0.05) is 43.7 Å². The van der Waals surface area contributed by atoms with E-state index < -0.39 is 5.60 Å². The molecule has 0 aromatic heterocycles. The molecule has 2 atom stereocenters. The first-order chi connectivity index (χ1) is 8.30. The highest BCUT2D eigenvalue weighted by Gasteiger charge is 2.47. The minimum absolute atomic E-state index is 0.0598. The van der Waals surface area contributed by atoms with Gasteiger partial charge in [-0.15, -0.1) is 0 Å². The highest BCUT2D eigenvalue weighted by Crippen LogP contribution is 2.49. The van der Waals surface area contributed by atoms with Crippen LogP contribution < -0.4 is 0 Å². The van der Waals surface area contributed by atoms with Gasteiger partial charge in [-0.2, -0.15) is 0 Å². The van der Waals surface area contributed by atoms with Gasteiger partial charge in [0.15, 0.2) is 0 Å². The van der Waals surface area contributed by atoms with Gasteiger partial charge in [-0.25, -0.2) is 0 Å². The van der Waals surface area contributed by atoms with Crippen LogP contribution in [0.15, 0.2) is 24.3 Å². The second kappa shape index (κ2) is 4.70. The first-order valence-electron chi connectivity index (χ1n) is 7.08. The molecule has 0 saturated heterocycles. The van der Waals surface area contributed by atoms with Crippen molar-refractivity contribution in [1.29, 1.82) is 0 Å². The molecular weight excluding hydrogens is 220 g/mol. The fraction of sp³-hybridized carbons (Fsp3) is 0.647. The molecule has 1 N–H and O–H groups in total. The Balaban J connectivity index is 1.93.